The van der Waals surface area contributed by atoms with Crippen molar-refractivity contribution in [2.75, 3.05) is 0 Å². The van der Waals surface area contributed by atoms with Crippen LogP contribution < -0.4 is 0 Å². The maximum atomic E-state index is 2.43. The zero-order valence-electron chi connectivity index (χ0n) is 9.75. The van der Waals surface area contributed by atoms with Crippen molar-refractivity contribution in [1.82, 2.24) is 0 Å². The molecule has 0 aromatic heterocycles. The SMILES string of the molecule is C1=C/C2=C/C3/C=C\S/C=C\C(/C=C(/C=C1)C2)C3. The van der Waals surface area contributed by atoms with Gasteiger partial charge in [-0.15, -0.1) is 11.8 Å². The Kier molecular flexibility index (Phi) is 3.19. The molecule has 0 aromatic carbocycles. The first-order chi connectivity index (χ1) is 8.40. The number of hydrogen-bond acceptors (Lipinski definition) is 1. The molecule has 0 spiro atoms. The summed E-state index contributed by atoms with van der Waals surface area (Å²) in [6, 6.07) is 0. The van der Waals surface area contributed by atoms with Crippen molar-refractivity contribution in [3.05, 3.63) is 70.6 Å². The predicted octanol–water partition coefficient (Wildman–Crippen LogP) is 4.77. The van der Waals surface area contributed by atoms with Crippen molar-refractivity contribution in [2.24, 2.45) is 11.8 Å². The highest BCUT2D eigenvalue weighted by molar-refractivity contribution is 8.04. The van der Waals surface area contributed by atoms with Crippen LogP contribution in [0, 0.1) is 11.8 Å². The van der Waals surface area contributed by atoms with E-state index in [-0.39, 0.29) is 0 Å². The van der Waals surface area contributed by atoms with Crippen LogP contribution in [0.15, 0.2) is 70.6 Å². The number of rotatable bonds is 0. The lowest BCUT2D eigenvalue weighted by Gasteiger charge is -2.20. The summed E-state index contributed by atoms with van der Waals surface area (Å²) in [5.41, 5.74) is 2.90. The molecule has 1 aliphatic heterocycles. The topological polar surface area (TPSA) is 0 Å². The van der Waals surface area contributed by atoms with Crippen molar-refractivity contribution in [3.63, 3.8) is 0 Å². The quantitative estimate of drug-likeness (QED) is 0.588. The molecular weight excluding hydrogens is 224 g/mol. The number of fused-ring (bicyclic) bond motifs is 4. The van der Waals surface area contributed by atoms with Gasteiger partial charge in [-0.1, -0.05) is 48.6 Å². The van der Waals surface area contributed by atoms with E-state index in [1.54, 1.807) is 11.8 Å². The van der Waals surface area contributed by atoms with Crippen LogP contribution in [0.5, 0.6) is 0 Å². The fourth-order valence-electron chi connectivity index (χ4n) is 2.55. The molecule has 2 aliphatic carbocycles. The molecule has 86 valence electrons. The Balaban J connectivity index is 2.02. The molecule has 1 heteroatoms. The molecular formula is C16H16S. The Morgan fingerprint density at radius 1 is 0.882 bits per heavy atom. The van der Waals surface area contributed by atoms with E-state index in [0.29, 0.717) is 11.8 Å². The van der Waals surface area contributed by atoms with Crippen molar-refractivity contribution in [2.45, 2.75) is 12.8 Å². The summed E-state index contributed by atoms with van der Waals surface area (Å²) < 4.78 is 0. The van der Waals surface area contributed by atoms with Gasteiger partial charge in [0.1, 0.15) is 0 Å². The van der Waals surface area contributed by atoms with E-state index < -0.39 is 0 Å². The largest absolute Gasteiger partial charge is 0.107 e. The fourth-order valence-corrected chi connectivity index (χ4v) is 3.22. The predicted molar refractivity (Wildman–Crippen MR) is 76.5 cm³/mol. The molecule has 0 amide bonds. The first-order valence-corrected chi connectivity index (χ1v) is 7.09. The van der Waals surface area contributed by atoms with E-state index in [0.717, 1.165) is 6.42 Å². The van der Waals surface area contributed by atoms with E-state index in [9.17, 15) is 0 Å². The van der Waals surface area contributed by atoms with Crippen LogP contribution in [0.3, 0.4) is 0 Å². The van der Waals surface area contributed by atoms with Gasteiger partial charge in [-0.25, -0.2) is 0 Å². The van der Waals surface area contributed by atoms with Crippen molar-refractivity contribution in [1.29, 1.82) is 0 Å². The summed E-state index contributed by atoms with van der Waals surface area (Å²) in [6.07, 6.45) is 20.6. The molecule has 1 heterocycles. The summed E-state index contributed by atoms with van der Waals surface area (Å²) in [7, 11) is 0. The molecule has 0 aromatic rings. The molecule has 3 aliphatic rings. The Hall–Kier alpha value is -1.21. The average Bonchev–Trinajstić information content (AvgIpc) is 2.48. The van der Waals surface area contributed by atoms with Gasteiger partial charge in [-0.3, -0.25) is 0 Å². The summed E-state index contributed by atoms with van der Waals surface area (Å²) in [5.74, 6) is 1.15. The maximum Gasteiger partial charge on any atom is -0.00307 e. The van der Waals surface area contributed by atoms with Gasteiger partial charge in [0.2, 0.25) is 0 Å². The van der Waals surface area contributed by atoms with Crippen molar-refractivity contribution >= 4 is 11.8 Å². The number of allylic oxidation sites excluding steroid dienone is 10. The molecule has 0 nitrogen and oxygen atoms in total. The van der Waals surface area contributed by atoms with Crippen LogP contribution in [-0.4, -0.2) is 0 Å². The van der Waals surface area contributed by atoms with Gasteiger partial charge >= 0.3 is 0 Å². The minimum atomic E-state index is 0.577. The second-order valence-corrected chi connectivity index (χ2v) is 5.55. The summed E-state index contributed by atoms with van der Waals surface area (Å²) >= 11 is 1.78. The highest BCUT2D eigenvalue weighted by Gasteiger charge is 2.15. The van der Waals surface area contributed by atoms with E-state index >= 15 is 0 Å². The van der Waals surface area contributed by atoms with Crippen LogP contribution in [0.1, 0.15) is 12.8 Å². The van der Waals surface area contributed by atoms with Gasteiger partial charge in [0.25, 0.3) is 0 Å². The molecule has 17 heavy (non-hydrogen) atoms. The standard InChI is InChI=1S/C16H16S/c1-2-4-14-9-13(3-1)10-15-5-7-17-8-6-16(11-14)12-15/h1-8,10-11,15-16H,9,12H2/b7-5-,8-6-,13-10-,14-11-. The third kappa shape index (κ3) is 2.73. The molecule has 0 fully saturated rings. The minimum absolute atomic E-state index is 0.577. The molecule has 4 bridgehead atoms. The van der Waals surface area contributed by atoms with E-state index in [4.69, 9.17) is 0 Å². The first-order valence-electron chi connectivity index (χ1n) is 6.15. The van der Waals surface area contributed by atoms with Crippen LogP contribution in [0.2, 0.25) is 0 Å². The minimum Gasteiger partial charge on any atom is -0.107 e. The second-order valence-electron chi connectivity index (χ2n) is 4.73. The normalized spacial score (nSPS) is 40.5. The number of thioether (sulfide) groups is 1. The van der Waals surface area contributed by atoms with E-state index in [1.807, 2.05) is 0 Å². The monoisotopic (exact) mass is 240 g/mol. The Bertz CT molecular complexity index is 430. The zero-order valence-corrected chi connectivity index (χ0v) is 10.6. The highest BCUT2D eigenvalue weighted by Crippen LogP contribution is 2.31. The van der Waals surface area contributed by atoms with E-state index in [1.165, 1.54) is 17.6 Å². The Labute approximate surface area is 107 Å². The van der Waals surface area contributed by atoms with Gasteiger partial charge in [0.05, 0.1) is 0 Å². The van der Waals surface area contributed by atoms with Gasteiger partial charge in [0.15, 0.2) is 0 Å². The van der Waals surface area contributed by atoms with Crippen molar-refractivity contribution < 1.29 is 0 Å². The van der Waals surface area contributed by atoms with Gasteiger partial charge in [-0.2, -0.15) is 0 Å². The maximum absolute atomic E-state index is 2.43. The summed E-state index contributed by atoms with van der Waals surface area (Å²) in [6.45, 7) is 0. The Morgan fingerprint density at radius 2 is 1.47 bits per heavy atom. The fraction of sp³-hybridized carbons (Fsp3) is 0.250. The summed E-state index contributed by atoms with van der Waals surface area (Å²) in [4.78, 5) is 0. The van der Waals surface area contributed by atoms with Gasteiger partial charge in [-0.05, 0) is 46.6 Å². The van der Waals surface area contributed by atoms with Gasteiger partial charge in [0, 0.05) is 0 Å². The molecule has 3 rings (SSSR count). The van der Waals surface area contributed by atoms with Gasteiger partial charge < -0.3 is 0 Å². The smallest absolute Gasteiger partial charge is 0.00307 e. The van der Waals surface area contributed by atoms with Crippen LogP contribution >= 0.6 is 11.8 Å². The highest BCUT2D eigenvalue weighted by atomic mass is 32.2. The van der Waals surface area contributed by atoms with Crippen LogP contribution in [-0.2, 0) is 0 Å². The molecule has 0 saturated heterocycles. The third-order valence-electron chi connectivity index (χ3n) is 3.35. The number of hydrogen-bond donors (Lipinski definition) is 0. The molecule has 0 N–H and O–H groups in total. The zero-order chi connectivity index (χ0) is 11.5. The van der Waals surface area contributed by atoms with Crippen LogP contribution in [0.4, 0.5) is 0 Å². The van der Waals surface area contributed by atoms with Crippen molar-refractivity contribution in [3.8, 4) is 0 Å². The molecule has 2 unspecified atom stereocenters. The lowest BCUT2D eigenvalue weighted by molar-refractivity contribution is 0.615. The lowest BCUT2D eigenvalue weighted by Crippen LogP contribution is -2.06. The lowest BCUT2D eigenvalue weighted by atomic mass is 9.86. The molecule has 2 atom stereocenters. The average molecular weight is 240 g/mol. The van der Waals surface area contributed by atoms with E-state index in [2.05, 4.69) is 59.4 Å². The molecule has 0 saturated carbocycles. The second kappa shape index (κ2) is 4.97. The first kappa shape index (κ1) is 10.9. The third-order valence-corrected chi connectivity index (χ3v) is 3.98. The Morgan fingerprint density at radius 3 is 2.06 bits per heavy atom. The van der Waals surface area contributed by atoms with Crippen LogP contribution in [0.25, 0.3) is 0 Å². The molecule has 0 radical (unpaired) electrons. The summed E-state index contributed by atoms with van der Waals surface area (Å²) in [5, 5.41) is 4.42.